The van der Waals surface area contributed by atoms with Crippen molar-refractivity contribution >= 4 is 18.2 Å². The molecular formula is C12H19ClN4O. The van der Waals surface area contributed by atoms with Crippen LogP contribution in [0.5, 0.6) is 0 Å². The third-order valence-corrected chi connectivity index (χ3v) is 3.14. The molecule has 2 heterocycles. The predicted molar refractivity (Wildman–Crippen MR) is 72.1 cm³/mol. The zero-order valence-electron chi connectivity index (χ0n) is 10.5. The van der Waals surface area contributed by atoms with E-state index in [1.54, 1.807) is 12.4 Å². The molecule has 1 aromatic rings. The molecule has 0 aromatic carbocycles. The highest BCUT2D eigenvalue weighted by molar-refractivity contribution is 5.95. The first-order valence-corrected chi connectivity index (χ1v) is 5.97. The molecule has 2 rings (SSSR count). The molecule has 1 saturated heterocycles. The highest BCUT2D eigenvalue weighted by atomic mass is 35.5. The summed E-state index contributed by atoms with van der Waals surface area (Å²) in [6.45, 7) is 2.46. The van der Waals surface area contributed by atoms with Crippen LogP contribution in [0.1, 0.15) is 23.3 Å². The molecule has 1 N–H and O–H groups in total. The van der Waals surface area contributed by atoms with Crippen molar-refractivity contribution in [2.45, 2.75) is 18.9 Å². The highest BCUT2D eigenvalue weighted by Gasteiger charge is 2.20. The summed E-state index contributed by atoms with van der Waals surface area (Å²) < 4.78 is 0. The van der Waals surface area contributed by atoms with Crippen molar-refractivity contribution in [3.63, 3.8) is 0 Å². The van der Waals surface area contributed by atoms with Crippen LogP contribution in [0, 0.1) is 0 Å². The van der Waals surface area contributed by atoms with E-state index >= 15 is 0 Å². The van der Waals surface area contributed by atoms with Crippen molar-refractivity contribution in [3.8, 4) is 0 Å². The van der Waals surface area contributed by atoms with E-state index in [0.717, 1.165) is 19.5 Å². The van der Waals surface area contributed by atoms with Crippen LogP contribution in [0.15, 0.2) is 18.6 Å². The molecule has 5 nitrogen and oxygen atoms in total. The number of hydrogen-bond acceptors (Lipinski definition) is 5. The molecule has 0 unspecified atom stereocenters. The minimum absolute atomic E-state index is 0. The Kier molecular flexibility index (Phi) is 6.18. The summed E-state index contributed by atoms with van der Waals surface area (Å²) in [5.41, 5.74) is 0.447. The molecule has 0 aliphatic carbocycles. The van der Waals surface area contributed by atoms with Crippen molar-refractivity contribution < 1.29 is 4.79 Å². The van der Waals surface area contributed by atoms with Gasteiger partial charge in [-0.15, -0.1) is 12.4 Å². The van der Waals surface area contributed by atoms with E-state index in [2.05, 4.69) is 20.2 Å². The molecular weight excluding hydrogens is 252 g/mol. The molecule has 1 fully saturated rings. The Balaban J connectivity index is 0.00000162. The smallest absolute Gasteiger partial charge is 0.196 e. The number of likely N-dealkylation sites (N-methyl/N-ethyl adjacent to an activating group) is 1. The van der Waals surface area contributed by atoms with E-state index in [-0.39, 0.29) is 18.2 Å². The lowest BCUT2D eigenvalue weighted by atomic mass is 10.1. The van der Waals surface area contributed by atoms with Gasteiger partial charge in [0.25, 0.3) is 0 Å². The van der Waals surface area contributed by atoms with Gasteiger partial charge in [0, 0.05) is 25.0 Å². The Morgan fingerprint density at radius 1 is 1.56 bits per heavy atom. The zero-order valence-corrected chi connectivity index (χ0v) is 11.3. The SMILES string of the molecule is CN(CC(=O)c1cnccn1)[C@H]1CCCNC1.Cl. The lowest BCUT2D eigenvalue weighted by Crippen LogP contribution is -2.45. The van der Waals surface area contributed by atoms with Gasteiger partial charge in [-0.3, -0.25) is 14.7 Å². The van der Waals surface area contributed by atoms with Crippen LogP contribution in [0.3, 0.4) is 0 Å². The number of Topliss-reactive ketones (excluding diaryl/α,β-unsaturated/α-hetero) is 1. The molecule has 1 aromatic heterocycles. The lowest BCUT2D eigenvalue weighted by molar-refractivity contribution is 0.0901. The summed E-state index contributed by atoms with van der Waals surface area (Å²) in [5, 5.41) is 3.35. The van der Waals surface area contributed by atoms with E-state index in [9.17, 15) is 4.79 Å². The van der Waals surface area contributed by atoms with Crippen LogP contribution >= 0.6 is 12.4 Å². The molecule has 0 radical (unpaired) electrons. The number of nitrogens with one attached hydrogen (secondary N) is 1. The van der Waals surface area contributed by atoms with Crippen LogP contribution in [-0.4, -0.2) is 53.4 Å². The van der Waals surface area contributed by atoms with Crippen LogP contribution < -0.4 is 5.32 Å². The van der Waals surface area contributed by atoms with E-state index < -0.39 is 0 Å². The van der Waals surface area contributed by atoms with Gasteiger partial charge in [-0.25, -0.2) is 4.98 Å². The van der Waals surface area contributed by atoms with E-state index in [0.29, 0.717) is 18.3 Å². The number of ketones is 1. The third-order valence-electron chi connectivity index (χ3n) is 3.14. The monoisotopic (exact) mass is 270 g/mol. The predicted octanol–water partition coefficient (Wildman–Crippen LogP) is 0.765. The molecule has 0 amide bonds. The standard InChI is InChI=1S/C12H18N4O.ClH/c1-16(10-3-2-4-13-7-10)9-12(17)11-8-14-5-6-15-11;/h5-6,8,10,13H,2-4,7,9H2,1H3;1H/t10-;/m0./s1. The number of aromatic nitrogens is 2. The zero-order chi connectivity index (χ0) is 12.1. The maximum Gasteiger partial charge on any atom is 0.196 e. The molecule has 1 aliphatic rings. The lowest BCUT2D eigenvalue weighted by Gasteiger charge is -2.30. The van der Waals surface area contributed by atoms with Gasteiger partial charge in [-0.05, 0) is 26.4 Å². The van der Waals surface area contributed by atoms with Crippen molar-refractivity contribution in [1.29, 1.82) is 0 Å². The number of halogens is 1. The van der Waals surface area contributed by atoms with Gasteiger partial charge in [0.05, 0.1) is 12.7 Å². The fourth-order valence-corrected chi connectivity index (χ4v) is 2.09. The number of hydrogen-bond donors (Lipinski definition) is 1. The fraction of sp³-hybridized carbons (Fsp3) is 0.583. The Morgan fingerprint density at radius 3 is 3.00 bits per heavy atom. The molecule has 0 bridgehead atoms. The average molecular weight is 271 g/mol. The quantitative estimate of drug-likeness (QED) is 0.819. The van der Waals surface area contributed by atoms with Crippen molar-refractivity contribution in [2.75, 3.05) is 26.7 Å². The highest BCUT2D eigenvalue weighted by Crippen LogP contribution is 2.08. The minimum Gasteiger partial charge on any atom is -0.315 e. The largest absolute Gasteiger partial charge is 0.315 e. The van der Waals surface area contributed by atoms with E-state index in [1.165, 1.54) is 12.6 Å². The number of rotatable bonds is 4. The molecule has 0 spiro atoms. The van der Waals surface area contributed by atoms with Crippen LogP contribution in [-0.2, 0) is 0 Å². The van der Waals surface area contributed by atoms with Gasteiger partial charge in [0.2, 0.25) is 0 Å². The number of carbonyl (C=O) groups is 1. The second-order valence-corrected chi connectivity index (χ2v) is 4.43. The molecule has 100 valence electrons. The topological polar surface area (TPSA) is 58.1 Å². The van der Waals surface area contributed by atoms with Gasteiger partial charge in [-0.1, -0.05) is 0 Å². The molecule has 18 heavy (non-hydrogen) atoms. The van der Waals surface area contributed by atoms with Crippen LogP contribution in [0.25, 0.3) is 0 Å². The fourth-order valence-electron chi connectivity index (χ4n) is 2.09. The number of carbonyl (C=O) groups excluding carboxylic acids is 1. The second kappa shape index (κ2) is 7.41. The molecule has 0 saturated carbocycles. The third kappa shape index (κ3) is 4.01. The van der Waals surface area contributed by atoms with Crippen molar-refractivity contribution in [3.05, 3.63) is 24.3 Å². The maximum absolute atomic E-state index is 11.9. The average Bonchev–Trinajstić information content (AvgIpc) is 2.40. The van der Waals surface area contributed by atoms with E-state index in [1.807, 2.05) is 7.05 Å². The Hall–Kier alpha value is -1.04. The van der Waals surface area contributed by atoms with Crippen LogP contribution in [0.2, 0.25) is 0 Å². The normalized spacial score (nSPS) is 19.3. The summed E-state index contributed by atoms with van der Waals surface area (Å²) in [6, 6.07) is 0.448. The van der Waals surface area contributed by atoms with Gasteiger partial charge in [0.1, 0.15) is 5.69 Å². The first-order valence-electron chi connectivity index (χ1n) is 5.97. The van der Waals surface area contributed by atoms with Crippen molar-refractivity contribution in [1.82, 2.24) is 20.2 Å². The number of nitrogens with zero attached hydrogens (tertiary/aromatic N) is 3. The summed E-state index contributed by atoms with van der Waals surface area (Å²) in [5.74, 6) is 0.0335. The first-order chi connectivity index (χ1) is 8.27. The number of piperidine rings is 1. The summed E-state index contributed by atoms with van der Waals surface area (Å²) in [7, 11) is 1.99. The van der Waals surface area contributed by atoms with Gasteiger partial charge < -0.3 is 5.32 Å². The summed E-state index contributed by atoms with van der Waals surface area (Å²) >= 11 is 0. The molecule has 1 atom stereocenters. The Bertz CT molecular complexity index is 368. The van der Waals surface area contributed by atoms with E-state index in [4.69, 9.17) is 0 Å². The Labute approximate surface area is 113 Å². The first kappa shape index (κ1) is 15.0. The van der Waals surface area contributed by atoms with Gasteiger partial charge >= 0.3 is 0 Å². The summed E-state index contributed by atoms with van der Waals surface area (Å²) in [4.78, 5) is 22.0. The molecule has 1 aliphatic heterocycles. The minimum atomic E-state index is 0. The van der Waals surface area contributed by atoms with Crippen LogP contribution in [0.4, 0.5) is 0 Å². The second-order valence-electron chi connectivity index (χ2n) is 4.43. The van der Waals surface area contributed by atoms with Crippen molar-refractivity contribution in [2.24, 2.45) is 0 Å². The van der Waals surface area contributed by atoms with Gasteiger partial charge in [-0.2, -0.15) is 0 Å². The maximum atomic E-state index is 11.9. The molecule has 6 heteroatoms. The summed E-state index contributed by atoms with van der Waals surface area (Å²) in [6.07, 6.45) is 6.97. The Morgan fingerprint density at radius 2 is 2.39 bits per heavy atom. The van der Waals surface area contributed by atoms with Gasteiger partial charge in [0.15, 0.2) is 5.78 Å².